The summed E-state index contributed by atoms with van der Waals surface area (Å²) in [6.45, 7) is 7.84. The van der Waals surface area contributed by atoms with Crippen LogP contribution in [-0.4, -0.2) is 35.1 Å². The van der Waals surface area contributed by atoms with E-state index < -0.39 is 0 Å². The molecule has 3 heteroatoms. The van der Waals surface area contributed by atoms with Gasteiger partial charge in [0.05, 0.1) is 5.52 Å². The van der Waals surface area contributed by atoms with Crippen molar-refractivity contribution in [3.63, 3.8) is 0 Å². The van der Waals surface area contributed by atoms with Crippen LogP contribution in [0.5, 0.6) is 0 Å². The number of aromatic nitrogens is 1. The molecule has 0 amide bonds. The maximum Gasteiger partial charge on any atom is 0.0705 e. The van der Waals surface area contributed by atoms with Crippen molar-refractivity contribution in [1.29, 1.82) is 0 Å². The first-order chi connectivity index (χ1) is 10.3. The average molecular weight is 283 g/mol. The molecule has 2 aromatic rings. The molecule has 1 aromatic carbocycles. The van der Waals surface area contributed by atoms with Crippen LogP contribution in [0.3, 0.4) is 0 Å². The molecule has 2 unspecified atom stereocenters. The Labute approximate surface area is 127 Å². The van der Waals surface area contributed by atoms with Gasteiger partial charge in [0.25, 0.3) is 0 Å². The van der Waals surface area contributed by atoms with Gasteiger partial charge in [0.2, 0.25) is 0 Å². The SMILES string of the molecule is CCCC1CN(Cc2ccnc3ccccc23)C(C)CN1. The zero-order valence-electron chi connectivity index (χ0n) is 13.0. The van der Waals surface area contributed by atoms with Crippen LogP contribution in [0.4, 0.5) is 0 Å². The second-order valence-electron chi connectivity index (χ2n) is 6.16. The molecule has 3 nitrogen and oxygen atoms in total. The maximum absolute atomic E-state index is 4.47. The summed E-state index contributed by atoms with van der Waals surface area (Å²) in [7, 11) is 0. The van der Waals surface area contributed by atoms with Crippen LogP contribution in [0, 0.1) is 0 Å². The Bertz CT molecular complexity index is 591. The lowest BCUT2D eigenvalue weighted by Crippen LogP contribution is -2.54. The third-order valence-corrected chi connectivity index (χ3v) is 4.53. The molecule has 0 aliphatic carbocycles. The van der Waals surface area contributed by atoms with Crippen LogP contribution in [0.1, 0.15) is 32.3 Å². The molecule has 3 rings (SSSR count). The topological polar surface area (TPSA) is 28.2 Å². The van der Waals surface area contributed by atoms with Gasteiger partial charge >= 0.3 is 0 Å². The second kappa shape index (κ2) is 6.54. The van der Waals surface area contributed by atoms with Gasteiger partial charge in [-0.2, -0.15) is 0 Å². The number of hydrogen-bond acceptors (Lipinski definition) is 3. The molecular formula is C18H25N3. The standard InChI is InChI=1S/C18H25N3/c1-3-6-16-13-21(14(2)11-20-16)12-15-9-10-19-18-8-5-4-7-17(15)18/h4-5,7-10,14,16,20H,3,6,11-13H2,1-2H3. The fourth-order valence-corrected chi connectivity index (χ4v) is 3.27. The lowest BCUT2D eigenvalue weighted by atomic mass is 10.0. The number of rotatable bonds is 4. The molecule has 21 heavy (non-hydrogen) atoms. The van der Waals surface area contributed by atoms with Gasteiger partial charge in [-0.3, -0.25) is 9.88 Å². The molecule has 1 saturated heterocycles. The lowest BCUT2D eigenvalue weighted by Gasteiger charge is -2.39. The lowest BCUT2D eigenvalue weighted by molar-refractivity contribution is 0.130. The molecule has 1 aliphatic rings. The predicted octanol–water partition coefficient (Wildman–Crippen LogP) is 3.20. The Morgan fingerprint density at radius 1 is 1.29 bits per heavy atom. The largest absolute Gasteiger partial charge is 0.311 e. The summed E-state index contributed by atoms with van der Waals surface area (Å²) in [5.74, 6) is 0. The second-order valence-corrected chi connectivity index (χ2v) is 6.16. The first kappa shape index (κ1) is 14.5. The molecule has 0 saturated carbocycles. The molecule has 0 spiro atoms. The van der Waals surface area contributed by atoms with Crippen molar-refractivity contribution in [2.75, 3.05) is 13.1 Å². The minimum Gasteiger partial charge on any atom is -0.311 e. The van der Waals surface area contributed by atoms with E-state index in [2.05, 4.69) is 59.4 Å². The summed E-state index contributed by atoms with van der Waals surface area (Å²) < 4.78 is 0. The smallest absolute Gasteiger partial charge is 0.0705 e. The number of para-hydroxylation sites is 1. The number of piperazine rings is 1. The summed E-state index contributed by atoms with van der Waals surface area (Å²) in [6.07, 6.45) is 4.45. The van der Waals surface area contributed by atoms with Crippen LogP contribution in [0.2, 0.25) is 0 Å². The highest BCUT2D eigenvalue weighted by atomic mass is 15.2. The number of fused-ring (bicyclic) bond motifs is 1. The fraction of sp³-hybridized carbons (Fsp3) is 0.500. The fourth-order valence-electron chi connectivity index (χ4n) is 3.27. The monoisotopic (exact) mass is 283 g/mol. The third-order valence-electron chi connectivity index (χ3n) is 4.53. The maximum atomic E-state index is 4.47. The average Bonchev–Trinajstić information content (AvgIpc) is 2.51. The van der Waals surface area contributed by atoms with Crippen molar-refractivity contribution in [3.05, 3.63) is 42.1 Å². The zero-order chi connectivity index (χ0) is 14.7. The van der Waals surface area contributed by atoms with E-state index in [0.717, 1.165) is 25.2 Å². The van der Waals surface area contributed by atoms with Gasteiger partial charge in [0, 0.05) is 43.3 Å². The summed E-state index contributed by atoms with van der Waals surface area (Å²) in [4.78, 5) is 7.08. The Hall–Kier alpha value is -1.45. The Kier molecular flexibility index (Phi) is 4.51. The van der Waals surface area contributed by atoms with E-state index in [1.165, 1.54) is 23.8 Å². The molecule has 0 radical (unpaired) electrons. The van der Waals surface area contributed by atoms with Crippen molar-refractivity contribution < 1.29 is 0 Å². The van der Waals surface area contributed by atoms with Crippen molar-refractivity contribution in [2.45, 2.75) is 45.3 Å². The van der Waals surface area contributed by atoms with Gasteiger partial charge < -0.3 is 5.32 Å². The summed E-state index contributed by atoms with van der Waals surface area (Å²) >= 11 is 0. The van der Waals surface area contributed by atoms with Crippen LogP contribution in [0.25, 0.3) is 10.9 Å². The van der Waals surface area contributed by atoms with Gasteiger partial charge in [-0.25, -0.2) is 0 Å². The molecule has 1 aliphatic heterocycles. The van der Waals surface area contributed by atoms with E-state index in [1.807, 2.05) is 6.20 Å². The molecule has 0 bridgehead atoms. The number of hydrogen-bond donors (Lipinski definition) is 1. The predicted molar refractivity (Wildman–Crippen MR) is 88.3 cm³/mol. The Morgan fingerprint density at radius 3 is 3.00 bits per heavy atom. The van der Waals surface area contributed by atoms with Gasteiger partial charge in [-0.15, -0.1) is 0 Å². The van der Waals surface area contributed by atoms with Crippen molar-refractivity contribution >= 4 is 10.9 Å². The van der Waals surface area contributed by atoms with Crippen LogP contribution < -0.4 is 5.32 Å². The molecular weight excluding hydrogens is 258 g/mol. The Morgan fingerprint density at radius 2 is 2.14 bits per heavy atom. The molecule has 2 atom stereocenters. The van der Waals surface area contributed by atoms with E-state index in [9.17, 15) is 0 Å². The summed E-state index contributed by atoms with van der Waals surface area (Å²) in [5, 5.41) is 4.96. The minimum atomic E-state index is 0.588. The van der Waals surface area contributed by atoms with Crippen LogP contribution in [0.15, 0.2) is 36.5 Å². The normalized spacial score (nSPS) is 23.5. The molecule has 112 valence electrons. The number of nitrogens with zero attached hydrogens (tertiary/aromatic N) is 2. The van der Waals surface area contributed by atoms with E-state index in [0.29, 0.717) is 12.1 Å². The van der Waals surface area contributed by atoms with Gasteiger partial charge in [0.15, 0.2) is 0 Å². The first-order valence-corrected chi connectivity index (χ1v) is 8.08. The minimum absolute atomic E-state index is 0.588. The highest BCUT2D eigenvalue weighted by Gasteiger charge is 2.24. The van der Waals surface area contributed by atoms with Crippen LogP contribution in [-0.2, 0) is 6.54 Å². The van der Waals surface area contributed by atoms with E-state index >= 15 is 0 Å². The third kappa shape index (κ3) is 3.25. The van der Waals surface area contributed by atoms with Gasteiger partial charge in [-0.05, 0) is 31.0 Å². The number of nitrogens with one attached hydrogen (secondary N) is 1. The zero-order valence-corrected chi connectivity index (χ0v) is 13.0. The van der Waals surface area contributed by atoms with E-state index in [-0.39, 0.29) is 0 Å². The molecule has 1 N–H and O–H groups in total. The van der Waals surface area contributed by atoms with E-state index in [4.69, 9.17) is 0 Å². The van der Waals surface area contributed by atoms with Crippen molar-refractivity contribution in [2.24, 2.45) is 0 Å². The van der Waals surface area contributed by atoms with Crippen molar-refractivity contribution in [1.82, 2.24) is 15.2 Å². The quantitative estimate of drug-likeness (QED) is 0.934. The number of benzene rings is 1. The molecule has 1 fully saturated rings. The highest BCUT2D eigenvalue weighted by Crippen LogP contribution is 2.20. The Balaban J connectivity index is 1.80. The van der Waals surface area contributed by atoms with E-state index in [1.54, 1.807) is 0 Å². The molecule has 1 aromatic heterocycles. The van der Waals surface area contributed by atoms with Gasteiger partial charge in [0.1, 0.15) is 0 Å². The summed E-state index contributed by atoms with van der Waals surface area (Å²) in [6, 6.07) is 11.8. The highest BCUT2D eigenvalue weighted by molar-refractivity contribution is 5.81. The number of pyridine rings is 1. The van der Waals surface area contributed by atoms with Gasteiger partial charge in [-0.1, -0.05) is 31.5 Å². The van der Waals surface area contributed by atoms with Crippen molar-refractivity contribution in [3.8, 4) is 0 Å². The first-order valence-electron chi connectivity index (χ1n) is 8.08. The molecule has 2 heterocycles. The summed E-state index contributed by atoms with van der Waals surface area (Å²) in [5.41, 5.74) is 2.49. The van der Waals surface area contributed by atoms with Crippen LogP contribution >= 0.6 is 0 Å².